The van der Waals surface area contributed by atoms with Crippen LogP contribution in [0, 0.1) is 30.3 Å². The van der Waals surface area contributed by atoms with Gasteiger partial charge in [0.05, 0.1) is 34.9 Å². The summed E-state index contributed by atoms with van der Waals surface area (Å²) in [5.74, 6) is -3.46. The number of ether oxygens (including phenoxy) is 3. The lowest BCUT2D eigenvalue weighted by molar-refractivity contribution is -0.569. The molecule has 3 aliphatic rings. The minimum atomic E-state index is -5.97. The van der Waals surface area contributed by atoms with Gasteiger partial charge in [0.1, 0.15) is 18.3 Å². The first-order chi connectivity index (χ1) is 21.6. The number of nitrogens with zero attached hydrogens (tertiary/aromatic N) is 6. The third kappa shape index (κ3) is 6.63. The molecule has 0 saturated carbocycles. The summed E-state index contributed by atoms with van der Waals surface area (Å²) in [6, 6.07) is -2.46. The smallest absolute Gasteiger partial charge is 0.369 e. The summed E-state index contributed by atoms with van der Waals surface area (Å²) in [6.07, 6.45) is -5.33. The number of rotatable bonds is 11. The fraction of sp³-hybridized carbons (Fsp3) is 0.438. The molecule has 1 spiro atoms. The van der Waals surface area contributed by atoms with Crippen LogP contribution in [0.15, 0.2) is 34.7 Å². The molecular formula is C16H17N8O20P3. The van der Waals surface area contributed by atoms with Crippen LogP contribution in [0.2, 0.25) is 0 Å². The lowest BCUT2D eigenvalue weighted by Gasteiger charge is -2.30. The normalized spacial score (nSPS) is 29.9. The number of phosphoric acid groups is 3. The van der Waals surface area contributed by atoms with E-state index in [2.05, 4.69) is 28.1 Å². The van der Waals surface area contributed by atoms with Crippen molar-refractivity contribution in [1.29, 1.82) is 0 Å². The van der Waals surface area contributed by atoms with Crippen LogP contribution in [-0.2, 0) is 41.1 Å². The topological polar surface area (TPSA) is 407 Å². The molecule has 2 fully saturated rings. The number of nitrogens with two attached hydrogens (primary N) is 1. The molecule has 8 atom stereocenters. The molecule has 2 aliphatic heterocycles. The SMILES string of the molecule is Nc1nc2c(ncn2[C@H]2O[C@H](COP(=O)(O)OP(=O)(O)OP(=O)(O)O)[C@H]3O[C@]4(O[C@H]32)C([N+](=O)[O-])=CC([N+](=O)[O-])=C[C@@H]4[N+](=O)[O-])c(=O)[nH]1. The van der Waals surface area contributed by atoms with E-state index in [0.29, 0.717) is 12.2 Å². The van der Waals surface area contributed by atoms with Crippen LogP contribution in [0.5, 0.6) is 0 Å². The second kappa shape index (κ2) is 11.7. The number of imidazole rings is 1. The Morgan fingerprint density at radius 1 is 1.04 bits per heavy atom. The molecular weight excluding hydrogens is 717 g/mol. The van der Waals surface area contributed by atoms with Crippen LogP contribution in [-0.4, -0.2) is 90.6 Å². The number of allylic oxidation sites excluding steroid dienone is 1. The zero-order valence-electron chi connectivity index (χ0n) is 22.2. The van der Waals surface area contributed by atoms with Gasteiger partial charge in [-0.05, 0) is 0 Å². The molecule has 47 heavy (non-hydrogen) atoms. The fourth-order valence-corrected chi connectivity index (χ4v) is 7.86. The molecule has 2 aromatic rings. The molecule has 256 valence electrons. The number of hydrogen-bond donors (Lipinski definition) is 6. The maximum atomic E-state index is 12.4. The van der Waals surface area contributed by atoms with E-state index in [1.54, 1.807) is 0 Å². The van der Waals surface area contributed by atoms with E-state index in [1.807, 2.05) is 0 Å². The van der Waals surface area contributed by atoms with Crippen molar-refractivity contribution in [3.63, 3.8) is 0 Å². The lowest BCUT2D eigenvalue weighted by atomic mass is 9.96. The van der Waals surface area contributed by atoms with E-state index in [9.17, 15) is 58.6 Å². The Hall–Kier alpha value is -3.88. The van der Waals surface area contributed by atoms with E-state index in [1.165, 1.54) is 0 Å². The summed E-state index contributed by atoms with van der Waals surface area (Å²) < 4.78 is 65.0. The van der Waals surface area contributed by atoms with Gasteiger partial charge in [-0.2, -0.15) is 13.6 Å². The predicted molar refractivity (Wildman–Crippen MR) is 140 cm³/mol. The van der Waals surface area contributed by atoms with Crippen LogP contribution in [0.3, 0.4) is 0 Å². The average molecular weight is 734 g/mol. The highest BCUT2D eigenvalue weighted by molar-refractivity contribution is 7.66. The zero-order chi connectivity index (χ0) is 34.9. The van der Waals surface area contributed by atoms with Crippen LogP contribution in [0.25, 0.3) is 11.2 Å². The highest BCUT2D eigenvalue weighted by atomic mass is 31.3. The van der Waals surface area contributed by atoms with Crippen LogP contribution < -0.4 is 11.3 Å². The number of nitro groups is 3. The van der Waals surface area contributed by atoms with Crippen LogP contribution in [0.4, 0.5) is 5.95 Å². The highest BCUT2D eigenvalue weighted by Gasteiger charge is 2.72. The predicted octanol–water partition coefficient (Wildman–Crippen LogP) is -1.60. The Morgan fingerprint density at radius 2 is 1.70 bits per heavy atom. The molecule has 28 nitrogen and oxygen atoms in total. The second-order valence-corrected chi connectivity index (χ2v) is 13.8. The summed E-state index contributed by atoms with van der Waals surface area (Å²) in [4.78, 5) is 91.0. The van der Waals surface area contributed by atoms with Gasteiger partial charge in [0.2, 0.25) is 5.95 Å². The van der Waals surface area contributed by atoms with Crippen molar-refractivity contribution in [1.82, 2.24) is 19.5 Å². The van der Waals surface area contributed by atoms with Crippen LogP contribution in [0.1, 0.15) is 6.23 Å². The number of aromatic nitrogens is 4. The van der Waals surface area contributed by atoms with Gasteiger partial charge in [-0.15, -0.1) is 0 Å². The molecule has 2 aromatic heterocycles. The van der Waals surface area contributed by atoms with Crippen LogP contribution >= 0.6 is 23.5 Å². The number of H-pyrrole nitrogens is 1. The zero-order valence-corrected chi connectivity index (χ0v) is 24.9. The Balaban J connectivity index is 1.55. The van der Waals surface area contributed by atoms with Gasteiger partial charge in [0.15, 0.2) is 17.4 Å². The van der Waals surface area contributed by atoms with E-state index in [0.717, 1.165) is 10.9 Å². The van der Waals surface area contributed by atoms with Gasteiger partial charge in [-0.1, -0.05) is 0 Å². The first-order valence-electron chi connectivity index (χ1n) is 12.0. The van der Waals surface area contributed by atoms with Crippen molar-refractivity contribution < 1.29 is 75.4 Å². The Kier molecular flexibility index (Phi) is 8.55. The summed E-state index contributed by atoms with van der Waals surface area (Å²) in [6.45, 7) is -1.25. The van der Waals surface area contributed by atoms with Gasteiger partial charge in [-0.3, -0.25) is 49.2 Å². The molecule has 5 rings (SSSR count). The minimum absolute atomic E-state index is 0.303. The van der Waals surface area contributed by atoms with Gasteiger partial charge in [0, 0.05) is 4.92 Å². The second-order valence-electron chi connectivity index (χ2n) is 9.43. The largest absolute Gasteiger partial charge is 0.490 e. The number of nitrogens with one attached hydrogen (secondary N) is 1. The standard InChI is InChI=1S/C16H17N8O20P3/c17-15-19-12-9(13(25)20-15)18-4-21(12)14-11-10(6(40-14)3-39-46(35,36)44-47(37,38)43-45(32,33)34)41-16(42-11)7(23(28)29)1-5(22(26)27)2-8(16)24(30)31/h1-2,4,6-7,10-11,14H,3H2,(H,35,36)(H,37,38)(H2,32,33,34)(H3,17,19,20,25)/t6-,7+,10-,11-,14+,16-/m1/s1. The number of nitrogen functional groups attached to an aromatic ring is 1. The maximum absolute atomic E-state index is 12.4. The molecule has 2 unspecified atom stereocenters. The van der Waals surface area contributed by atoms with E-state index in [4.69, 9.17) is 29.7 Å². The molecule has 0 radical (unpaired) electrons. The molecule has 1 aliphatic carbocycles. The third-order valence-electron chi connectivity index (χ3n) is 6.44. The van der Waals surface area contributed by atoms with E-state index < -0.39 is 104 Å². The Morgan fingerprint density at radius 3 is 2.30 bits per heavy atom. The van der Waals surface area contributed by atoms with E-state index >= 15 is 0 Å². The molecule has 0 bridgehead atoms. The number of hydrogen-bond acceptors (Lipinski definition) is 19. The number of fused-ring (bicyclic) bond motifs is 2. The summed E-state index contributed by atoms with van der Waals surface area (Å²) in [5, 5.41) is 35.6. The quantitative estimate of drug-likeness (QED) is 0.0860. The monoisotopic (exact) mass is 734 g/mol. The number of aromatic amines is 1. The van der Waals surface area contributed by atoms with Crippen molar-refractivity contribution in [3.8, 4) is 0 Å². The van der Waals surface area contributed by atoms with Gasteiger partial charge in [0.25, 0.3) is 11.3 Å². The number of phosphoric ester groups is 1. The van der Waals surface area contributed by atoms with Gasteiger partial charge in [-0.25, -0.2) is 18.7 Å². The Bertz CT molecular complexity index is 1950. The first-order valence-corrected chi connectivity index (χ1v) is 16.5. The minimum Gasteiger partial charge on any atom is -0.369 e. The molecule has 2 saturated heterocycles. The molecule has 0 aromatic carbocycles. The van der Waals surface area contributed by atoms with Crippen molar-refractivity contribution >= 4 is 40.6 Å². The maximum Gasteiger partial charge on any atom is 0.490 e. The van der Waals surface area contributed by atoms with E-state index in [-0.39, 0.29) is 11.2 Å². The third-order valence-corrected chi connectivity index (χ3v) is 10.2. The fourth-order valence-electron chi connectivity index (χ4n) is 4.83. The van der Waals surface area contributed by atoms with Crippen molar-refractivity contribution in [2.45, 2.75) is 36.4 Å². The Labute approximate surface area is 255 Å². The average Bonchev–Trinajstić information content (AvgIpc) is 3.57. The lowest BCUT2D eigenvalue weighted by Crippen LogP contribution is -2.53. The van der Waals surface area contributed by atoms with Crippen molar-refractivity contribution in [3.05, 3.63) is 70.6 Å². The highest BCUT2D eigenvalue weighted by Crippen LogP contribution is 2.66. The summed E-state index contributed by atoms with van der Waals surface area (Å²) in [7, 11) is -17.5. The van der Waals surface area contributed by atoms with Crippen molar-refractivity contribution in [2.24, 2.45) is 0 Å². The van der Waals surface area contributed by atoms with Gasteiger partial charge < -0.3 is 39.5 Å². The molecule has 0 amide bonds. The summed E-state index contributed by atoms with van der Waals surface area (Å²) in [5.41, 5.74) is 1.74. The molecule has 31 heteroatoms. The van der Waals surface area contributed by atoms with Crippen molar-refractivity contribution in [2.75, 3.05) is 12.3 Å². The number of anilines is 1. The molecule has 7 N–H and O–H groups in total. The van der Waals surface area contributed by atoms with Gasteiger partial charge >= 0.3 is 41.0 Å². The first kappa shape index (κ1) is 34.5. The molecule has 4 heterocycles. The summed E-state index contributed by atoms with van der Waals surface area (Å²) >= 11 is 0.